The summed E-state index contributed by atoms with van der Waals surface area (Å²) in [6, 6.07) is 17.9. The van der Waals surface area contributed by atoms with E-state index in [-0.39, 0.29) is 23.6 Å². The Kier molecular flexibility index (Phi) is 6.81. The molecule has 1 N–H and O–H groups in total. The Balaban J connectivity index is 1.31. The van der Waals surface area contributed by atoms with Gasteiger partial charge < -0.3 is 19.4 Å². The molecule has 1 aliphatic heterocycles. The third kappa shape index (κ3) is 4.97. The fraction of sp³-hybridized carbons (Fsp3) is 0.280. The molecule has 0 saturated carbocycles. The Hall–Kier alpha value is -3.25. The molecule has 1 saturated heterocycles. The van der Waals surface area contributed by atoms with Gasteiger partial charge in [0.2, 0.25) is 0 Å². The number of furan rings is 1. The van der Waals surface area contributed by atoms with Crippen molar-refractivity contribution in [2.75, 3.05) is 19.7 Å². The van der Waals surface area contributed by atoms with Gasteiger partial charge in [-0.1, -0.05) is 23.7 Å². The number of hydrogen-bond donors (Lipinski definition) is 1. The smallest absolute Gasteiger partial charge is 0.287 e. The summed E-state index contributed by atoms with van der Waals surface area (Å²) < 4.78 is 11.2. The average Bonchev–Trinajstić information content (AvgIpc) is 3.30. The maximum atomic E-state index is 12.8. The molecule has 6 nitrogen and oxygen atoms in total. The van der Waals surface area contributed by atoms with Gasteiger partial charge in [0.15, 0.2) is 5.76 Å². The van der Waals surface area contributed by atoms with E-state index in [1.807, 2.05) is 42.2 Å². The minimum absolute atomic E-state index is 0.00626. The van der Waals surface area contributed by atoms with Crippen LogP contribution >= 0.6 is 11.6 Å². The quantitative estimate of drug-likeness (QED) is 0.569. The average molecular weight is 453 g/mol. The van der Waals surface area contributed by atoms with Gasteiger partial charge in [0.05, 0.1) is 11.6 Å². The number of hydrogen-bond acceptors (Lipinski definition) is 4. The van der Waals surface area contributed by atoms with E-state index in [2.05, 4.69) is 5.32 Å². The van der Waals surface area contributed by atoms with Crippen molar-refractivity contribution in [3.8, 4) is 17.1 Å². The molecule has 0 bridgehead atoms. The third-order valence-electron chi connectivity index (χ3n) is 5.50. The van der Waals surface area contributed by atoms with Gasteiger partial charge in [-0.2, -0.15) is 0 Å². The van der Waals surface area contributed by atoms with Crippen LogP contribution in [0.5, 0.6) is 5.75 Å². The fourth-order valence-electron chi connectivity index (χ4n) is 3.79. The predicted octanol–water partition coefficient (Wildman–Crippen LogP) is 5.03. The number of carbonyl (C=O) groups excluding carboxylic acids is 2. The standard InChI is InChI=1S/C25H25ClN2O4/c1-2-31-19-9-7-17(8-10-19)25(30)28-15-13-18(14-16-28)27-24(29)23-12-11-22(32-23)20-5-3-4-6-21(20)26/h3-12,18H,2,13-16H2,1H3,(H,27,29). The molecule has 7 heteroatoms. The Morgan fingerprint density at radius 1 is 1.06 bits per heavy atom. The Morgan fingerprint density at radius 3 is 2.47 bits per heavy atom. The van der Waals surface area contributed by atoms with Gasteiger partial charge in [0.1, 0.15) is 11.5 Å². The Labute approximate surface area is 192 Å². The number of benzene rings is 2. The number of nitrogens with zero attached hydrogens (tertiary/aromatic N) is 1. The van der Waals surface area contributed by atoms with Gasteiger partial charge in [-0.15, -0.1) is 0 Å². The normalized spacial score (nSPS) is 14.2. The molecular weight excluding hydrogens is 428 g/mol. The fourth-order valence-corrected chi connectivity index (χ4v) is 4.02. The zero-order chi connectivity index (χ0) is 22.5. The first-order valence-electron chi connectivity index (χ1n) is 10.7. The summed E-state index contributed by atoms with van der Waals surface area (Å²) in [4.78, 5) is 27.2. The number of amides is 2. The molecule has 2 amide bonds. The van der Waals surface area contributed by atoms with Gasteiger partial charge in [0, 0.05) is 30.3 Å². The first kappa shape index (κ1) is 22.0. The topological polar surface area (TPSA) is 71.8 Å². The van der Waals surface area contributed by atoms with E-state index in [0.29, 0.717) is 48.9 Å². The van der Waals surface area contributed by atoms with Gasteiger partial charge in [0.25, 0.3) is 11.8 Å². The molecule has 4 rings (SSSR count). The largest absolute Gasteiger partial charge is 0.494 e. The summed E-state index contributed by atoms with van der Waals surface area (Å²) in [5.74, 6) is 1.28. The monoisotopic (exact) mass is 452 g/mol. The van der Waals surface area contributed by atoms with Crippen LogP contribution in [0.2, 0.25) is 5.02 Å². The number of halogens is 1. The zero-order valence-corrected chi connectivity index (χ0v) is 18.6. The van der Waals surface area contributed by atoms with E-state index in [0.717, 1.165) is 11.3 Å². The molecule has 0 spiro atoms. The highest BCUT2D eigenvalue weighted by Crippen LogP contribution is 2.29. The molecule has 0 radical (unpaired) electrons. The lowest BCUT2D eigenvalue weighted by atomic mass is 10.0. The van der Waals surface area contributed by atoms with Crippen molar-refractivity contribution in [1.29, 1.82) is 0 Å². The first-order chi connectivity index (χ1) is 15.5. The van der Waals surface area contributed by atoms with E-state index < -0.39 is 0 Å². The van der Waals surface area contributed by atoms with E-state index in [1.54, 1.807) is 30.3 Å². The highest BCUT2D eigenvalue weighted by molar-refractivity contribution is 6.33. The van der Waals surface area contributed by atoms with E-state index in [1.165, 1.54) is 0 Å². The summed E-state index contributed by atoms with van der Waals surface area (Å²) in [6.07, 6.45) is 1.37. The van der Waals surface area contributed by atoms with Crippen LogP contribution in [0.1, 0.15) is 40.7 Å². The van der Waals surface area contributed by atoms with Crippen LogP contribution in [0.15, 0.2) is 65.1 Å². The number of ether oxygens (including phenoxy) is 1. The van der Waals surface area contributed by atoms with Crippen LogP contribution in [-0.2, 0) is 0 Å². The molecular formula is C25H25ClN2O4. The molecule has 0 unspecified atom stereocenters. The number of piperidine rings is 1. The molecule has 0 atom stereocenters. The van der Waals surface area contributed by atoms with Gasteiger partial charge >= 0.3 is 0 Å². The van der Waals surface area contributed by atoms with E-state index in [4.69, 9.17) is 20.8 Å². The molecule has 32 heavy (non-hydrogen) atoms. The maximum absolute atomic E-state index is 12.8. The number of carbonyl (C=O) groups is 2. The number of likely N-dealkylation sites (tertiary alicyclic amines) is 1. The maximum Gasteiger partial charge on any atom is 0.287 e. The van der Waals surface area contributed by atoms with Crippen molar-refractivity contribution >= 4 is 23.4 Å². The predicted molar refractivity (Wildman–Crippen MR) is 123 cm³/mol. The Morgan fingerprint density at radius 2 is 1.78 bits per heavy atom. The summed E-state index contributed by atoms with van der Waals surface area (Å²) >= 11 is 6.21. The van der Waals surface area contributed by atoms with Gasteiger partial charge in [-0.3, -0.25) is 9.59 Å². The summed E-state index contributed by atoms with van der Waals surface area (Å²) in [5, 5.41) is 3.58. The molecule has 2 aromatic carbocycles. The van der Waals surface area contributed by atoms with Crippen LogP contribution in [0.4, 0.5) is 0 Å². The van der Waals surface area contributed by atoms with E-state index in [9.17, 15) is 9.59 Å². The van der Waals surface area contributed by atoms with Crippen molar-refractivity contribution in [3.63, 3.8) is 0 Å². The zero-order valence-electron chi connectivity index (χ0n) is 17.8. The van der Waals surface area contributed by atoms with Crippen molar-refractivity contribution in [3.05, 3.63) is 77.0 Å². The molecule has 3 aromatic rings. The molecule has 166 valence electrons. The summed E-state index contributed by atoms with van der Waals surface area (Å²) in [5.41, 5.74) is 1.38. The lowest BCUT2D eigenvalue weighted by molar-refractivity contribution is 0.0695. The minimum atomic E-state index is -0.264. The third-order valence-corrected chi connectivity index (χ3v) is 5.83. The second-order valence-electron chi connectivity index (χ2n) is 7.64. The molecule has 1 fully saturated rings. The van der Waals surface area contributed by atoms with Gasteiger partial charge in [-0.25, -0.2) is 0 Å². The van der Waals surface area contributed by atoms with Gasteiger partial charge in [-0.05, 0) is 68.3 Å². The SMILES string of the molecule is CCOc1ccc(C(=O)N2CCC(NC(=O)c3ccc(-c4ccccc4Cl)o3)CC2)cc1. The van der Waals surface area contributed by atoms with E-state index >= 15 is 0 Å². The van der Waals surface area contributed by atoms with Crippen LogP contribution in [0.25, 0.3) is 11.3 Å². The minimum Gasteiger partial charge on any atom is -0.494 e. The molecule has 1 aliphatic rings. The molecule has 2 heterocycles. The van der Waals surface area contributed by atoms with Crippen LogP contribution in [0.3, 0.4) is 0 Å². The second kappa shape index (κ2) is 9.92. The number of rotatable bonds is 6. The lowest BCUT2D eigenvalue weighted by Crippen LogP contribution is -2.46. The lowest BCUT2D eigenvalue weighted by Gasteiger charge is -2.32. The van der Waals surface area contributed by atoms with Crippen LogP contribution < -0.4 is 10.1 Å². The summed E-state index contributed by atoms with van der Waals surface area (Å²) in [7, 11) is 0. The van der Waals surface area contributed by atoms with Crippen molar-refractivity contribution in [2.24, 2.45) is 0 Å². The molecule has 1 aromatic heterocycles. The highest BCUT2D eigenvalue weighted by atomic mass is 35.5. The summed E-state index contributed by atoms with van der Waals surface area (Å²) in [6.45, 7) is 3.68. The van der Waals surface area contributed by atoms with Crippen molar-refractivity contribution in [1.82, 2.24) is 10.2 Å². The van der Waals surface area contributed by atoms with Crippen LogP contribution in [-0.4, -0.2) is 42.5 Å². The van der Waals surface area contributed by atoms with Crippen molar-refractivity contribution < 1.29 is 18.7 Å². The Bertz CT molecular complexity index is 1090. The van der Waals surface area contributed by atoms with Crippen molar-refractivity contribution in [2.45, 2.75) is 25.8 Å². The van der Waals surface area contributed by atoms with Crippen LogP contribution in [0, 0.1) is 0 Å². The second-order valence-corrected chi connectivity index (χ2v) is 8.05. The number of nitrogens with one attached hydrogen (secondary N) is 1. The molecule has 0 aliphatic carbocycles. The highest BCUT2D eigenvalue weighted by Gasteiger charge is 2.26. The first-order valence-corrected chi connectivity index (χ1v) is 11.1.